The van der Waals surface area contributed by atoms with Crippen LogP contribution in [0.4, 0.5) is 13.2 Å². The summed E-state index contributed by atoms with van der Waals surface area (Å²) in [5.74, 6) is -0.872. The molecule has 0 aromatic heterocycles. The molecule has 3 rings (SSSR count). The Labute approximate surface area is 189 Å². The van der Waals surface area contributed by atoms with Gasteiger partial charge in [0.05, 0.1) is 6.61 Å². The lowest BCUT2D eigenvalue weighted by Crippen LogP contribution is -2.16. The molecule has 0 unspecified atom stereocenters. The Morgan fingerprint density at radius 3 is 2.27 bits per heavy atom. The number of carboxylic acid groups (broad SMARTS) is 1. The predicted molar refractivity (Wildman–Crippen MR) is 120 cm³/mol. The number of hydrogen-bond acceptors (Lipinski definition) is 3. The molecule has 0 amide bonds. The highest BCUT2D eigenvalue weighted by molar-refractivity contribution is 5.86. The van der Waals surface area contributed by atoms with Crippen molar-refractivity contribution in [1.29, 1.82) is 0 Å². The van der Waals surface area contributed by atoms with Crippen molar-refractivity contribution in [2.45, 2.75) is 25.6 Å². The van der Waals surface area contributed by atoms with Gasteiger partial charge in [0.1, 0.15) is 11.5 Å². The van der Waals surface area contributed by atoms with Crippen LogP contribution in [0.15, 0.2) is 78.9 Å². The highest BCUT2D eigenvalue weighted by Crippen LogP contribution is 2.30. The number of aliphatic carboxylic acids is 1. The lowest BCUT2D eigenvalue weighted by molar-refractivity contribution is -0.274. The summed E-state index contributed by atoms with van der Waals surface area (Å²) in [7, 11) is 0. The highest BCUT2D eigenvalue weighted by atomic mass is 19.4. The number of aryl methyl sites for hydroxylation is 1. The van der Waals surface area contributed by atoms with Crippen LogP contribution in [0, 0.1) is 0 Å². The van der Waals surface area contributed by atoms with Gasteiger partial charge >= 0.3 is 12.3 Å². The van der Waals surface area contributed by atoms with Crippen LogP contribution in [0.1, 0.15) is 24.0 Å². The second-order valence-corrected chi connectivity index (χ2v) is 7.29. The van der Waals surface area contributed by atoms with Gasteiger partial charge in [0.25, 0.3) is 0 Å². The summed E-state index contributed by atoms with van der Waals surface area (Å²) in [6.45, 7) is 0.476. The number of carbonyl (C=O) groups is 1. The fraction of sp³-hybridized carbons (Fsp3) is 0.192. The van der Waals surface area contributed by atoms with Gasteiger partial charge in [0.15, 0.2) is 0 Å². The Kier molecular flexibility index (Phi) is 8.13. The van der Waals surface area contributed by atoms with Gasteiger partial charge < -0.3 is 14.6 Å². The number of carboxylic acids is 1. The summed E-state index contributed by atoms with van der Waals surface area (Å²) in [5, 5.41) is 9.00. The lowest BCUT2D eigenvalue weighted by Gasteiger charge is -2.12. The quantitative estimate of drug-likeness (QED) is 0.271. The van der Waals surface area contributed by atoms with E-state index in [-0.39, 0.29) is 5.75 Å². The second-order valence-electron chi connectivity index (χ2n) is 7.29. The molecule has 0 heterocycles. The van der Waals surface area contributed by atoms with E-state index in [0.29, 0.717) is 29.0 Å². The molecule has 0 bridgehead atoms. The zero-order valence-electron chi connectivity index (χ0n) is 17.7. The van der Waals surface area contributed by atoms with Crippen LogP contribution in [0.2, 0.25) is 0 Å². The number of rotatable bonds is 10. The molecule has 3 aromatic rings. The van der Waals surface area contributed by atoms with E-state index in [0.717, 1.165) is 25.3 Å². The number of hydrogen-bond donors (Lipinski definition) is 1. The minimum Gasteiger partial charge on any atom is -0.493 e. The van der Waals surface area contributed by atoms with E-state index in [1.807, 2.05) is 18.2 Å². The van der Waals surface area contributed by atoms with Gasteiger partial charge in [-0.3, -0.25) is 0 Å². The van der Waals surface area contributed by atoms with Crippen LogP contribution in [-0.4, -0.2) is 24.0 Å². The molecule has 0 radical (unpaired) electrons. The first kappa shape index (κ1) is 23.9. The minimum atomic E-state index is -4.75. The summed E-state index contributed by atoms with van der Waals surface area (Å²) >= 11 is 0. The summed E-state index contributed by atoms with van der Waals surface area (Å²) in [6, 6.07) is 20.9. The van der Waals surface area contributed by atoms with E-state index < -0.39 is 12.3 Å². The summed E-state index contributed by atoms with van der Waals surface area (Å²) < 4.78 is 46.9. The first-order valence-electron chi connectivity index (χ1n) is 10.4. The van der Waals surface area contributed by atoms with E-state index >= 15 is 0 Å². The van der Waals surface area contributed by atoms with Gasteiger partial charge in [0.2, 0.25) is 0 Å². The zero-order chi connectivity index (χ0) is 23.7. The van der Waals surface area contributed by atoms with Crippen molar-refractivity contribution in [3.8, 4) is 22.6 Å². The molecule has 1 N–H and O–H groups in total. The molecule has 0 saturated carbocycles. The smallest absolute Gasteiger partial charge is 0.493 e. The topological polar surface area (TPSA) is 55.8 Å². The van der Waals surface area contributed by atoms with Crippen LogP contribution in [0.5, 0.6) is 11.5 Å². The van der Waals surface area contributed by atoms with Crippen molar-refractivity contribution in [2.75, 3.05) is 6.61 Å². The molecule has 0 saturated heterocycles. The van der Waals surface area contributed by atoms with Crippen molar-refractivity contribution in [2.24, 2.45) is 0 Å². The van der Waals surface area contributed by atoms with E-state index in [2.05, 4.69) is 16.9 Å². The van der Waals surface area contributed by atoms with Gasteiger partial charge in [-0.15, -0.1) is 13.2 Å². The van der Waals surface area contributed by atoms with E-state index in [1.165, 1.54) is 35.9 Å². The molecular formula is C26H23F3O4. The molecule has 0 aliphatic carbocycles. The van der Waals surface area contributed by atoms with Crippen LogP contribution >= 0.6 is 0 Å². The average Bonchev–Trinajstić information content (AvgIpc) is 2.78. The Bertz CT molecular complexity index is 1070. The van der Waals surface area contributed by atoms with Crippen molar-refractivity contribution >= 4 is 12.0 Å². The largest absolute Gasteiger partial charge is 0.573 e. The summed E-state index contributed by atoms with van der Waals surface area (Å²) in [6.07, 6.45) is 0.432. The van der Waals surface area contributed by atoms with Crippen molar-refractivity contribution < 1.29 is 32.5 Å². The van der Waals surface area contributed by atoms with Crippen LogP contribution in [-0.2, 0) is 11.2 Å². The maximum absolute atomic E-state index is 12.4. The fourth-order valence-corrected chi connectivity index (χ4v) is 3.26. The molecular weight excluding hydrogens is 433 g/mol. The highest BCUT2D eigenvalue weighted by Gasteiger charge is 2.30. The molecule has 0 aliphatic heterocycles. The normalized spacial score (nSPS) is 11.5. The molecule has 0 spiro atoms. The molecule has 0 atom stereocenters. The number of unbranched alkanes of at least 4 members (excludes halogenated alkanes) is 1. The number of benzene rings is 3. The maximum atomic E-state index is 12.4. The van der Waals surface area contributed by atoms with E-state index in [4.69, 9.17) is 9.84 Å². The fourth-order valence-electron chi connectivity index (χ4n) is 3.26. The Morgan fingerprint density at radius 2 is 1.61 bits per heavy atom. The molecule has 7 heteroatoms. The number of halogens is 3. The van der Waals surface area contributed by atoms with Crippen molar-refractivity contribution in [3.63, 3.8) is 0 Å². The Balaban J connectivity index is 1.67. The number of alkyl halides is 3. The lowest BCUT2D eigenvalue weighted by atomic mass is 10.0. The van der Waals surface area contributed by atoms with Crippen molar-refractivity contribution in [3.05, 3.63) is 90.0 Å². The first-order chi connectivity index (χ1) is 15.8. The standard InChI is InChI=1S/C26H23F3O4/c27-26(28,29)33-23-13-9-20(10-14-23)21-11-15-24(22(18-21)12-16-25(30)31)32-17-5-4-8-19-6-2-1-3-7-19/h1-3,6-7,9-16,18H,4-5,8,17H2,(H,30,31). The molecule has 33 heavy (non-hydrogen) atoms. The van der Waals surface area contributed by atoms with Gasteiger partial charge in [-0.1, -0.05) is 48.5 Å². The van der Waals surface area contributed by atoms with Gasteiger partial charge in [-0.2, -0.15) is 0 Å². The third-order valence-corrected chi connectivity index (χ3v) is 4.80. The van der Waals surface area contributed by atoms with Gasteiger partial charge in [0, 0.05) is 11.6 Å². The Hall–Kier alpha value is -3.74. The first-order valence-corrected chi connectivity index (χ1v) is 10.4. The average molecular weight is 456 g/mol. The van der Waals surface area contributed by atoms with E-state index in [9.17, 15) is 18.0 Å². The summed E-state index contributed by atoms with van der Waals surface area (Å²) in [5.41, 5.74) is 3.19. The van der Waals surface area contributed by atoms with Crippen LogP contribution < -0.4 is 9.47 Å². The molecule has 0 fully saturated rings. The predicted octanol–water partition coefficient (Wildman–Crippen LogP) is 6.75. The maximum Gasteiger partial charge on any atom is 0.573 e. The molecule has 0 aliphatic rings. The second kappa shape index (κ2) is 11.2. The monoisotopic (exact) mass is 456 g/mol. The molecule has 4 nitrogen and oxygen atoms in total. The Morgan fingerprint density at radius 1 is 0.909 bits per heavy atom. The molecule has 3 aromatic carbocycles. The molecule has 172 valence electrons. The minimum absolute atomic E-state index is 0.312. The SMILES string of the molecule is O=C(O)C=Cc1cc(-c2ccc(OC(F)(F)F)cc2)ccc1OCCCCc1ccccc1. The van der Waals surface area contributed by atoms with Crippen LogP contribution in [0.3, 0.4) is 0 Å². The van der Waals surface area contributed by atoms with Crippen molar-refractivity contribution in [1.82, 2.24) is 0 Å². The van der Waals surface area contributed by atoms with Gasteiger partial charge in [-0.05, 0) is 66.3 Å². The van der Waals surface area contributed by atoms with Crippen LogP contribution in [0.25, 0.3) is 17.2 Å². The third kappa shape index (κ3) is 8.03. The van der Waals surface area contributed by atoms with Gasteiger partial charge in [-0.25, -0.2) is 4.79 Å². The number of ether oxygens (including phenoxy) is 2. The zero-order valence-corrected chi connectivity index (χ0v) is 17.7. The van der Waals surface area contributed by atoms with E-state index in [1.54, 1.807) is 18.2 Å². The third-order valence-electron chi connectivity index (χ3n) is 4.80. The summed E-state index contributed by atoms with van der Waals surface area (Å²) in [4.78, 5) is 11.0.